The van der Waals surface area contributed by atoms with Crippen molar-refractivity contribution in [3.8, 4) is 11.5 Å². The number of aromatic nitrogens is 3. The van der Waals surface area contributed by atoms with Crippen molar-refractivity contribution in [1.29, 1.82) is 0 Å². The SMILES string of the molecule is COc1cc2ncnc(Sc3cccc(NC(=O)Nc4cc(C(C)(C)C)on4)c3)c2cc1OCCN1CCN(C)CC1. The third kappa shape index (κ3) is 7.50. The van der Waals surface area contributed by atoms with Gasteiger partial charge in [-0.1, -0.05) is 43.8 Å². The number of methoxy groups -OCH3 is 1. The molecule has 0 bridgehead atoms. The van der Waals surface area contributed by atoms with E-state index in [1.807, 2.05) is 57.2 Å². The second-order valence-corrected chi connectivity index (χ2v) is 12.3. The van der Waals surface area contributed by atoms with Gasteiger partial charge in [-0.25, -0.2) is 14.8 Å². The first-order valence-electron chi connectivity index (χ1n) is 13.9. The number of likely N-dealkylation sites (N-methyl/N-ethyl adjacent to an activating group) is 1. The van der Waals surface area contributed by atoms with Crippen LogP contribution in [0.15, 0.2) is 63.2 Å². The minimum absolute atomic E-state index is 0.206. The molecule has 222 valence electrons. The number of urea groups is 1. The molecule has 11 nitrogen and oxygen atoms in total. The zero-order valence-corrected chi connectivity index (χ0v) is 25.5. The van der Waals surface area contributed by atoms with E-state index in [-0.39, 0.29) is 5.41 Å². The van der Waals surface area contributed by atoms with E-state index in [9.17, 15) is 4.79 Å². The number of carbonyl (C=O) groups excluding carboxylic acids is 1. The van der Waals surface area contributed by atoms with E-state index in [1.54, 1.807) is 13.2 Å². The lowest BCUT2D eigenvalue weighted by Gasteiger charge is -2.32. The van der Waals surface area contributed by atoms with E-state index in [1.165, 1.54) is 18.1 Å². The molecule has 0 unspecified atom stereocenters. The topological polar surface area (TPSA) is 118 Å². The highest BCUT2D eigenvalue weighted by Gasteiger charge is 2.20. The Labute approximate surface area is 250 Å². The average molecular weight is 592 g/mol. The number of nitrogens with zero attached hydrogens (tertiary/aromatic N) is 5. The molecule has 42 heavy (non-hydrogen) atoms. The molecule has 12 heteroatoms. The highest BCUT2D eigenvalue weighted by Crippen LogP contribution is 2.38. The molecular formula is C30H37N7O4S. The van der Waals surface area contributed by atoms with Gasteiger partial charge >= 0.3 is 6.03 Å². The van der Waals surface area contributed by atoms with Crippen LogP contribution < -0.4 is 20.1 Å². The van der Waals surface area contributed by atoms with Gasteiger partial charge < -0.3 is 24.2 Å². The van der Waals surface area contributed by atoms with E-state index in [0.29, 0.717) is 35.4 Å². The number of hydrogen-bond acceptors (Lipinski definition) is 10. The van der Waals surface area contributed by atoms with Crippen LogP contribution in [0.4, 0.5) is 16.3 Å². The number of anilines is 2. The Morgan fingerprint density at radius 3 is 2.60 bits per heavy atom. The van der Waals surface area contributed by atoms with Crippen molar-refractivity contribution in [2.45, 2.75) is 36.1 Å². The van der Waals surface area contributed by atoms with E-state index < -0.39 is 6.03 Å². The van der Waals surface area contributed by atoms with Gasteiger partial charge in [0.2, 0.25) is 0 Å². The van der Waals surface area contributed by atoms with Gasteiger partial charge in [0, 0.05) is 66.2 Å². The van der Waals surface area contributed by atoms with Crippen LogP contribution in [0.25, 0.3) is 10.9 Å². The van der Waals surface area contributed by atoms with Crippen LogP contribution in [0.3, 0.4) is 0 Å². The maximum Gasteiger partial charge on any atom is 0.324 e. The summed E-state index contributed by atoms with van der Waals surface area (Å²) in [5.41, 5.74) is 1.18. The second-order valence-electron chi connectivity index (χ2n) is 11.2. The molecule has 1 aliphatic rings. The zero-order valence-electron chi connectivity index (χ0n) is 24.6. The monoisotopic (exact) mass is 591 g/mol. The average Bonchev–Trinajstić information content (AvgIpc) is 3.43. The normalized spacial score (nSPS) is 14.6. The molecule has 4 aromatic rings. The zero-order chi connectivity index (χ0) is 29.7. The number of amides is 2. The quantitative estimate of drug-likeness (QED) is 0.247. The number of fused-ring (bicyclic) bond motifs is 1. The van der Waals surface area contributed by atoms with Crippen molar-refractivity contribution in [3.63, 3.8) is 0 Å². The first-order chi connectivity index (χ1) is 20.2. The van der Waals surface area contributed by atoms with Crippen molar-refractivity contribution < 1.29 is 18.8 Å². The number of rotatable bonds is 9. The van der Waals surface area contributed by atoms with Gasteiger partial charge in [-0.05, 0) is 31.3 Å². The Morgan fingerprint density at radius 2 is 1.86 bits per heavy atom. The smallest absolute Gasteiger partial charge is 0.324 e. The molecule has 2 aromatic heterocycles. The van der Waals surface area contributed by atoms with Gasteiger partial charge in [0.1, 0.15) is 23.7 Å². The summed E-state index contributed by atoms with van der Waals surface area (Å²) < 4.78 is 17.2. The first kappa shape index (κ1) is 29.6. The van der Waals surface area contributed by atoms with Crippen LogP contribution in [0.5, 0.6) is 11.5 Å². The van der Waals surface area contributed by atoms with Crippen molar-refractivity contribution in [2.24, 2.45) is 0 Å². The Balaban J connectivity index is 1.26. The molecule has 0 radical (unpaired) electrons. The van der Waals surface area contributed by atoms with Gasteiger partial charge in [-0.3, -0.25) is 10.2 Å². The molecule has 2 N–H and O–H groups in total. The lowest BCUT2D eigenvalue weighted by molar-refractivity contribution is 0.133. The van der Waals surface area contributed by atoms with E-state index >= 15 is 0 Å². The van der Waals surface area contributed by atoms with Crippen LogP contribution in [0.2, 0.25) is 0 Å². The molecule has 1 saturated heterocycles. The van der Waals surface area contributed by atoms with Crippen molar-refractivity contribution in [3.05, 3.63) is 54.6 Å². The standard InChI is InChI=1S/C30H37N7O4S/c1-30(2,3)26-18-27(35-41-26)34-29(38)33-20-7-6-8-21(15-20)42-28-22-16-25(24(39-5)17-23(22)31-19-32-28)40-14-13-37-11-9-36(4)10-12-37/h6-8,15-19H,9-14H2,1-5H3,(H2,33,34,35,38). The van der Waals surface area contributed by atoms with Gasteiger partial charge in [0.15, 0.2) is 17.3 Å². The Morgan fingerprint density at radius 1 is 1.05 bits per heavy atom. The fourth-order valence-electron chi connectivity index (χ4n) is 4.47. The molecule has 1 aliphatic heterocycles. The molecule has 3 heterocycles. The highest BCUT2D eigenvalue weighted by atomic mass is 32.2. The fraction of sp³-hybridized carbons (Fsp3) is 0.400. The predicted octanol–water partition coefficient (Wildman–Crippen LogP) is 5.35. The summed E-state index contributed by atoms with van der Waals surface area (Å²) in [4.78, 5) is 27.3. The summed E-state index contributed by atoms with van der Waals surface area (Å²) in [7, 11) is 3.78. The molecule has 0 saturated carbocycles. The third-order valence-electron chi connectivity index (χ3n) is 6.94. The molecule has 5 rings (SSSR count). The molecule has 0 atom stereocenters. The molecule has 0 aliphatic carbocycles. The lowest BCUT2D eigenvalue weighted by atomic mass is 9.93. The second kappa shape index (κ2) is 13.0. The number of hydrogen-bond donors (Lipinski definition) is 2. The number of carbonyl (C=O) groups is 1. The maximum absolute atomic E-state index is 12.6. The van der Waals surface area contributed by atoms with Crippen LogP contribution in [0, 0.1) is 0 Å². The third-order valence-corrected chi connectivity index (χ3v) is 7.95. The van der Waals surface area contributed by atoms with Crippen molar-refractivity contribution in [1.82, 2.24) is 24.9 Å². The summed E-state index contributed by atoms with van der Waals surface area (Å²) in [6.07, 6.45) is 1.54. The molecule has 2 amide bonds. The summed E-state index contributed by atoms with van der Waals surface area (Å²) in [6, 6.07) is 12.7. The van der Waals surface area contributed by atoms with Crippen molar-refractivity contribution in [2.75, 3.05) is 64.1 Å². The molecule has 1 fully saturated rings. The fourth-order valence-corrected chi connectivity index (χ4v) is 5.39. The van der Waals surface area contributed by atoms with Gasteiger partial charge in [-0.15, -0.1) is 0 Å². The number of ether oxygens (including phenoxy) is 2. The van der Waals surface area contributed by atoms with E-state index in [4.69, 9.17) is 14.0 Å². The largest absolute Gasteiger partial charge is 0.493 e. The Hall–Kier alpha value is -3.87. The Bertz CT molecular complexity index is 1530. The van der Waals surface area contributed by atoms with Gasteiger partial charge in [-0.2, -0.15) is 0 Å². The molecule has 0 spiro atoms. The lowest BCUT2D eigenvalue weighted by Crippen LogP contribution is -2.45. The maximum atomic E-state index is 12.6. The first-order valence-corrected chi connectivity index (χ1v) is 14.7. The minimum Gasteiger partial charge on any atom is -0.493 e. The number of nitrogens with one attached hydrogen (secondary N) is 2. The van der Waals surface area contributed by atoms with Crippen LogP contribution in [-0.4, -0.2) is 84.4 Å². The predicted molar refractivity (Wildman–Crippen MR) is 164 cm³/mol. The Kier molecular flexibility index (Phi) is 9.15. The number of benzene rings is 2. The van der Waals surface area contributed by atoms with Crippen LogP contribution in [-0.2, 0) is 5.41 Å². The van der Waals surface area contributed by atoms with Crippen molar-refractivity contribution >= 4 is 40.2 Å². The van der Waals surface area contributed by atoms with Crippen LogP contribution >= 0.6 is 11.8 Å². The summed E-state index contributed by atoms with van der Waals surface area (Å²) in [5.74, 6) is 2.33. The van der Waals surface area contributed by atoms with Gasteiger partial charge in [0.05, 0.1) is 12.6 Å². The van der Waals surface area contributed by atoms with E-state index in [2.05, 4.69) is 42.6 Å². The summed E-state index contributed by atoms with van der Waals surface area (Å²) in [6.45, 7) is 11.7. The summed E-state index contributed by atoms with van der Waals surface area (Å²) in [5, 5.41) is 11.1. The van der Waals surface area contributed by atoms with Gasteiger partial charge in [0.25, 0.3) is 0 Å². The molecule has 2 aromatic carbocycles. The number of piperazine rings is 1. The minimum atomic E-state index is -0.413. The molecular weight excluding hydrogens is 554 g/mol. The van der Waals surface area contributed by atoms with Crippen LogP contribution in [0.1, 0.15) is 26.5 Å². The highest BCUT2D eigenvalue weighted by molar-refractivity contribution is 7.99. The van der Waals surface area contributed by atoms with E-state index in [0.717, 1.165) is 53.5 Å². The summed E-state index contributed by atoms with van der Waals surface area (Å²) >= 11 is 1.48.